The van der Waals surface area contributed by atoms with E-state index in [-0.39, 0.29) is 32.7 Å². The minimum atomic E-state index is -0.804. The molecule has 2 aliphatic rings. The largest absolute Gasteiger partial charge is 1.00 e. The van der Waals surface area contributed by atoms with Gasteiger partial charge < -0.3 is 24.8 Å². The number of benzene rings is 3. The van der Waals surface area contributed by atoms with E-state index >= 15 is 0 Å². The first-order valence-corrected chi connectivity index (χ1v) is 15.9. The van der Waals surface area contributed by atoms with E-state index < -0.39 is 23.2 Å². The van der Waals surface area contributed by atoms with Gasteiger partial charge in [0.2, 0.25) is 0 Å². The molecule has 1 atom stereocenters. The van der Waals surface area contributed by atoms with Crippen LogP contribution in [0.3, 0.4) is 0 Å². The van der Waals surface area contributed by atoms with Crippen molar-refractivity contribution in [1.29, 1.82) is 0 Å². The molecule has 2 aliphatic carbocycles. The standard InChI is InChI=1S/C15H20P.C13H9.2ClH.Zr/c1-3-9-16(10-4-2)15-11-13-7-5-6-8-14(13)12-15;1-3-7-12-10(5-1)9-11-6-2-4-8-13(11)12;;;/h5-8,11-12H,3-4,9-10H2,1-2H3;1-9H;2*1H;/q;;;;+2/p-2. The minimum Gasteiger partial charge on any atom is -1.00 e. The van der Waals surface area contributed by atoms with Crippen molar-refractivity contribution in [3.05, 3.63) is 100 Å². The number of allylic oxidation sites excluding steroid dienone is 1. The Morgan fingerprint density at radius 3 is 1.72 bits per heavy atom. The smallest absolute Gasteiger partial charge is 1.00 e. The summed E-state index contributed by atoms with van der Waals surface area (Å²) in [5.74, 6) is 0. The van der Waals surface area contributed by atoms with Crippen LogP contribution < -0.4 is 24.8 Å². The van der Waals surface area contributed by atoms with Crippen LogP contribution in [-0.2, 0) is 23.2 Å². The summed E-state index contributed by atoms with van der Waals surface area (Å²) in [5, 5.41) is 1.84. The molecule has 4 heteroatoms. The Bertz CT molecular complexity index is 1040. The molecule has 0 saturated carbocycles. The molecule has 3 aromatic rings. The molecular weight excluding hydrogens is 529 g/mol. The fourth-order valence-electron chi connectivity index (χ4n) is 5.17. The summed E-state index contributed by atoms with van der Waals surface area (Å²) < 4.78 is 1.40. The van der Waals surface area contributed by atoms with Gasteiger partial charge >= 0.3 is 195 Å². The van der Waals surface area contributed by atoms with Gasteiger partial charge in [-0.15, -0.1) is 0 Å². The van der Waals surface area contributed by atoms with Crippen molar-refractivity contribution >= 4 is 14.0 Å². The summed E-state index contributed by atoms with van der Waals surface area (Å²) in [6.07, 6.45) is 8.04. The van der Waals surface area contributed by atoms with Crippen LogP contribution in [0.25, 0.3) is 17.2 Å². The first kappa shape index (κ1) is 25.9. The molecular formula is C28H29Cl2PZr. The monoisotopic (exact) mass is 556 g/mol. The van der Waals surface area contributed by atoms with Gasteiger partial charge in [-0.3, -0.25) is 0 Å². The number of fused-ring (bicyclic) bond motifs is 4. The molecule has 0 N–H and O–H groups in total. The predicted octanol–water partition coefficient (Wildman–Crippen LogP) is 2.24. The molecule has 0 spiro atoms. The second-order valence-corrected chi connectivity index (χ2v) is 14.5. The summed E-state index contributed by atoms with van der Waals surface area (Å²) in [5.41, 5.74) is 9.33. The number of hydrogen-bond acceptors (Lipinski definition) is 0. The molecule has 1 unspecified atom stereocenters. The average molecular weight is 559 g/mol. The summed E-state index contributed by atoms with van der Waals surface area (Å²) in [6, 6.07) is 27.7. The zero-order valence-electron chi connectivity index (χ0n) is 18.7. The van der Waals surface area contributed by atoms with Crippen molar-refractivity contribution in [2.45, 2.75) is 33.9 Å². The first-order valence-electron chi connectivity index (χ1n) is 11.3. The molecule has 32 heavy (non-hydrogen) atoms. The van der Waals surface area contributed by atoms with Crippen molar-refractivity contribution in [2.24, 2.45) is 0 Å². The molecule has 0 aromatic heterocycles. The first-order chi connectivity index (χ1) is 14.8. The topological polar surface area (TPSA) is 0 Å². The number of rotatable bonds is 7. The minimum absolute atomic E-state index is 0. The van der Waals surface area contributed by atoms with Gasteiger partial charge in [-0.25, -0.2) is 0 Å². The van der Waals surface area contributed by atoms with Gasteiger partial charge in [0.15, 0.2) is 0 Å². The van der Waals surface area contributed by atoms with Crippen molar-refractivity contribution in [2.75, 3.05) is 12.3 Å². The number of hydrogen-bond donors (Lipinski definition) is 0. The zero-order valence-corrected chi connectivity index (χ0v) is 23.6. The maximum absolute atomic E-state index is 2.62. The quantitative estimate of drug-likeness (QED) is 0.391. The van der Waals surface area contributed by atoms with Crippen LogP contribution in [0.15, 0.2) is 78.1 Å². The maximum atomic E-state index is 2.62. The van der Waals surface area contributed by atoms with Crippen molar-refractivity contribution in [1.82, 2.24) is 0 Å². The van der Waals surface area contributed by atoms with Gasteiger partial charge in [0.05, 0.1) is 0 Å². The molecule has 0 bridgehead atoms. The van der Waals surface area contributed by atoms with E-state index in [1.807, 2.05) is 5.31 Å². The second kappa shape index (κ2) is 11.6. The van der Waals surface area contributed by atoms with E-state index in [2.05, 4.69) is 92.7 Å². The van der Waals surface area contributed by atoms with Crippen LogP contribution in [0, 0.1) is 0 Å². The predicted molar refractivity (Wildman–Crippen MR) is 128 cm³/mol. The Morgan fingerprint density at radius 1 is 0.656 bits per heavy atom. The molecule has 0 saturated heterocycles. The second-order valence-electron chi connectivity index (χ2n) is 8.39. The van der Waals surface area contributed by atoms with Crippen molar-refractivity contribution < 1.29 is 48.0 Å². The normalized spacial score (nSPS) is 15.7. The third-order valence-electron chi connectivity index (χ3n) is 6.43. The van der Waals surface area contributed by atoms with E-state index in [0.717, 1.165) is 3.63 Å². The summed E-state index contributed by atoms with van der Waals surface area (Å²) >= 11 is -0.804. The Labute approximate surface area is 218 Å². The van der Waals surface area contributed by atoms with Gasteiger partial charge in [0, 0.05) is 0 Å². The Kier molecular flexibility index (Phi) is 9.41. The molecule has 0 fully saturated rings. The number of halogens is 2. The van der Waals surface area contributed by atoms with Crippen LogP contribution >= 0.6 is 7.92 Å². The molecule has 164 valence electrons. The van der Waals surface area contributed by atoms with Gasteiger partial charge in [0.25, 0.3) is 0 Å². The van der Waals surface area contributed by atoms with Crippen LogP contribution in [0.2, 0.25) is 0 Å². The molecule has 0 nitrogen and oxygen atoms in total. The van der Waals surface area contributed by atoms with Crippen molar-refractivity contribution in [3.63, 3.8) is 0 Å². The van der Waals surface area contributed by atoms with Gasteiger partial charge in [-0.1, -0.05) is 0 Å². The molecule has 3 aromatic carbocycles. The van der Waals surface area contributed by atoms with Gasteiger partial charge in [-0.05, 0) is 0 Å². The molecule has 5 rings (SSSR count). The Balaban J connectivity index is 0.00000144. The van der Waals surface area contributed by atoms with Crippen LogP contribution in [0.4, 0.5) is 0 Å². The molecule has 0 heterocycles. The van der Waals surface area contributed by atoms with Crippen LogP contribution in [-0.4, -0.2) is 12.3 Å². The maximum Gasteiger partial charge on any atom is -1.00 e. The van der Waals surface area contributed by atoms with E-state index in [0.29, 0.717) is 3.63 Å². The van der Waals surface area contributed by atoms with Crippen LogP contribution in [0.1, 0.15) is 56.2 Å². The fraction of sp³-hybridized carbons (Fsp3) is 0.286. The van der Waals surface area contributed by atoms with Crippen molar-refractivity contribution in [3.8, 4) is 11.1 Å². The average Bonchev–Trinajstić information content (AvgIpc) is 3.31. The SMILES string of the molecule is CCCP(CCC)C1=Cc2ccccc2[CH]1[Zr+2][CH]1c2ccccc2-c2ccccc21.[Cl-].[Cl-]. The fourth-order valence-corrected chi connectivity index (χ4v) is 14.3. The third kappa shape index (κ3) is 4.75. The van der Waals surface area contributed by atoms with E-state index in [1.54, 1.807) is 16.7 Å². The summed E-state index contributed by atoms with van der Waals surface area (Å²) in [6.45, 7) is 4.73. The van der Waals surface area contributed by atoms with Gasteiger partial charge in [-0.2, -0.15) is 0 Å². The van der Waals surface area contributed by atoms with Gasteiger partial charge in [0.1, 0.15) is 0 Å². The summed E-state index contributed by atoms with van der Waals surface area (Å²) in [4.78, 5) is 0. The molecule has 0 radical (unpaired) electrons. The van der Waals surface area contributed by atoms with E-state index in [1.165, 1.54) is 41.9 Å². The van der Waals surface area contributed by atoms with E-state index in [9.17, 15) is 0 Å². The Morgan fingerprint density at radius 2 is 1.16 bits per heavy atom. The molecule has 0 aliphatic heterocycles. The third-order valence-corrected chi connectivity index (χ3v) is 14.8. The zero-order chi connectivity index (χ0) is 20.5. The summed E-state index contributed by atoms with van der Waals surface area (Å²) in [7, 11) is 0.00117. The molecule has 0 amide bonds. The van der Waals surface area contributed by atoms with Crippen LogP contribution in [0.5, 0.6) is 0 Å². The van der Waals surface area contributed by atoms with E-state index in [4.69, 9.17) is 0 Å². The Hall–Kier alpha value is -0.707.